The van der Waals surface area contributed by atoms with E-state index in [1.807, 2.05) is 24.4 Å². The van der Waals surface area contributed by atoms with Crippen LogP contribution in [0.25, 0.3) is 21.9 Å². The maximum atomic E-state index is 12.7. The summed E-state index contributed by atoms with van der Waals surface area (Å²) in [5.41, 5.74) is 5.54. The first-order valence-corrected chi connectivity index (χ1v) is 11.2. The van der Waals surface area contributed by atoms with Crippen LogP contribution in [0.2, 0.25) is 0 Å². The number of aryl methyl sites for hydroxylation is 1. The van der Waals surface area contributed by atoms with Crippen molar-refractivity contribution in [1.82, 2.24) is 20.3 Å². The SMILES string of the molecule is COc1ccc2[nH]cc(CCNC(=O)C3CCN(c4nc5ccc(C)cc5[nH]4)CC3)c2c1. The van der Waals surface area contributed by atoms with Crippen LogP contribution in [0.15, 0.2) is 42.6 Å². The van der Waals surface area contributed by atoms with E-state index in [1.165, 1.54) is 11.1 Å². The molecule has 0 atom stereocenters. The summed E-state index contributed by atoms with van der Waals surface area (Å²) in [4.78, 5) is 26.4. The Bertz CT molecular complexity index is 1250. The maximum Gasteiger partial charge on any atom is 0.223 e. The van der Waals surface area contributed by atoms with E-state index in [0.717, 1.165) is 66.0 Å². The minimum atomic E-state index is 0.0564. The van der Waals surface area contributed by atoms with Crippen LogP contribution >= 0.6 is 0 Å². The van der Waals surface area contributed by atoms with Crippen LogP contribution in [0.3, 0.4) is 0 Å². The van der Waals surface area contributed by atoms with Crippen LogP contribution < -0.4 is 15.0 Å². The van der Waals surface area contributed by atoms with Crippen LogP contribution in [-0.4, -0.2) is 47.6 Å². The van der Waals surface area contributed by atoms with Gasteiger partial charge in [-0.15, -0.1) is 0 Å². The van der Waals surface area contributed by atoms with Crippen molar-refractivity contribution in [3.05, 3.63) is 53.7 Å². The number of nitrogens with zero attached hydrogens (tertiary/aromatic N) is 2. The Morgan fingerprint density at radius 3 is 2.84 bits per heavy atom. The van der Waals surface area contributed by atoms with Crippen LogP contribution in [-0.2, 0) is 11.2 Å². The molecule has 0 unspecified atom stereocenters. The molecule has 1 aliphatic rings. The van der Waals surface area contributed by atoms with Gasteiger partial charge in [0.1, 0.15) is 5.75 Å². The normalized spacial score (nSPS) is 14.9. The van der Waals surface area contributed by atoms with Gasteiger partial charge in [-0.1, -0.05) is 6.07 Å². The molecule has 3 heterocycles. The number of nitrogens with one attached hydrogen (secondary N) is 3. The quantitative estimate of drug-likeness (QED) is 0.432. The van der Waals surface area contributed by atoms with Gasteiger partial charge in [-0.2, -0.15) is 0 Å². The van der Waals surface area contributed by atoms with Gasteiger partial charge in [0.05, 0.1) is 18.1 Å². The van der Waals surface area contributed by atoms with Crippen molar-refractivity contribution in [3.63, 3.8) is 0 Å². The van der Waals surface area contributed by atoms with Crippen LogP contribution in [0.4, 0.5) is 5.95 Å². The molecule has 2 aromatic heterocycles. The molecule has 166 valence electrons. The van der Waals surface area contributed by atoms with E-state index in [-0.39, 0.29) is 11.8 Å². The van der Waals surface area contributed by atoms with E-state index >= 15 is 0 Å². The predicted octanol–water partition coefficient (Wildman–Crippen LogP) is 3.94. The van der Waals surface area contributed by atoms with Crippen molar-refractivity contribution in [1.29, 1.82) is 0 Å². The minimum Gasteiger partial charge on any atom is -0.497 e. The van der Waals surface area contributed by atoms with Crippen molar-refractivity contribution < 1.29 is 9.53 Å². The lowest BCUT2D eigenvalue weighted by Gasteiger charge is -2.31. The summed E-state index contributed by atoms with van der Waals surface area (Å²) in [6, 6.07) is 12.3. The average Bonchev–Trinajstić information content (AvgIpc) is 3.42. The fraction of sp³-hybridized carbons (Fsp3) is 0.360. The number of ether oxygens (including phenoxy) is 1. The van der Waals surface area contributed by atoms with Crippen molar-refractivity contribution in [3.8, 4) is 5.75 Å². The fourth-order valence-corrected chi connectivity index (χ4v) is 4.57. The Balaban J connectivity index is 1.14. The molecule has 0 spiro atoms. The van der Waals surface area contributed by atoms with Gasteiger partial charge >= 0.3 is 0 Å². The van der Waals surface area contributed by atoms with Crippen molar-refractivity contribution in [2.45, 2.75) is 26.2 Å². The number of carbonyl (C=O) groups excluding carboxylic acids is 1. The van der Waals surface area contributed by atoms with Gasteiger partial charge in [0, 0.05) is 42.7 Å². The molecule has 5 rings (SSSR count). The third-order valence-electron chi connectivity index (χ3n) is 6.46. The number of hydrogen-bond acceptors (Lipinski definition) is 4. The second-order valence-electron chi connectivity index (χ2n) is 8.61. The molecule has 7 nitrogen and oxygen atoms in total. The number of aromatic amines is 2. The summed E-state index contributed by atoms with van der Waals surface area (Å²) in [6.45, 7) is 4.38. The molecule has 7 heteroatoms. The number of benzene rings is 2. The number of piperidine rings is 1. The molecule has 1 aliphatic heterocycles. The zero-order chi connectivity index (χ0) is 22.1. The van der Waals surface area contributed by atoms with Crippen molar-refractivity contribution in [2.75, 3.05) is 31.6 Å². The van der Waals surface area contributed by atoms with Gasteiger partial charge in [0.2, 0.25) is 11.9 Å². The third kappa shape index (κ3) is 4.02. The summed E-state index contributed by atoms with van der Waals surface area (Å²) >= 11 is 0. The average molecular weight is 432 g/mol. The number of H-pyrrole nitrogens is 2. The molecule has 0 aliphatic carbocycles. The zero-order valence-corrected chi connectivity index (χ0v) is 18.6. The highest BCUT2D eigenvalue weighted by atomic mass is 16.5. The first kappa shape index (κ1) is 20.4. The molecule has 32 heavy (non-hydrogen) atoms. The number of aromatic nitrogens is 3. The zero-order valence-electron chi connectivity index (χ0n) is 18.6. The van der Waals surface area contributed by atoms with Crippen molar-refractivity contribution >= 4 is 33.8 Å². The first-order valence-electron chi connectivity index (χ1n) is 11.2. The second kappa shape index (κ2) is 8.57. The van der Waals surface area contributed by atoms with Crippen LogP contribution in [0.5, 0.6) is 5.75 Å². The number of carbonyl (C=O) groups is 1. The highest BCUT2D eigenvalue weighted by molar-refractivity contribution is 5.85. The van der Waals surface area contributed by atoms with E-state index in [4.69, 9.17) is 9.72 Å². The summed E-state index contributed by atoms with van der Waals surface area (Å²) in [7, 11) is 1.67. The lowest BCUT2D eigenvalue weighted by atomic mass is 9.96. The molecule has 4 aromatic rings. The fourth-order valence-electron chi connectivity index (χ4n) is 4.57. The third-order valence-corrected chi connectivity index (χ3v) is 6.46. The smallest absolute Gasteiger partial charge is 0.223 e. The van der Waals surface area contributed by atoms with Gasteiger partial charge in [0.25, 0.3) is 0 Å². The molecule has 0 radical (unpaired) electrons. The number of rotatable bonds is 6. The van der Waals surface area contributed by atoms with Crippen LogP contribution in [0, 0.1) is 12.8 Å². The molecule has 1 saturated heterocycles. The second-order valence-corrected chi connectivity index (χ2v) is 8.61. The van der Waals surface area contributed by atoms with Gasteiger partial charge in [-0.05, 0) is 67.6 Å². The Morgan fingerprint density at radius 2 is 2.03 bits per heavy atom. The lowest BCUT2D eigenvalue weighted by Crippen LogP contribution is -2.41. The predicted molar refractivity (Wildman–Crippen MR) is 127 cm³/mol. The van der Waals surface area contributed by atoms with Gasteiger partial charge in [-0.3, -0.25) is 4.79 Å². The molecular formula is C25H29N5O2. The standard InChI is InChI=1S/C25H29N5O2/c1-16-3-5-22-23(13-16)29-25(28-22)30-11-8-17(9-12-30)24(31)26-10-7-18-15-27-21-6-4-19(32-2)14-20(18)21/h3-6,13-15,17,27H,7-12H2,1-2H3,(H,26,31)(H,28,29). The molecule has 0 bridgehead atoms. The summed E-state index contributed by atoms with van der Waals surface area (Å²) < 4.78 is 5.34. The van der Waals surface area contributed by atoms with E-state index in [0.29, 0.717) is 6.54 Å². The highest BCUT2D eigenvalue weighted by Crippen LogP contribution is 2.25. The molecule has 1 fully saturated rings. The summed E-state index contributed by atoms with van der Waals surface area (Å²) in [5.74, 6) is 1.95. The number of imidazole rings is 1. The van der Waals surface area contributed by atoms with Crippen molar-refractivity contribution in [2.24, 2.45) is 5.92 Å². The Hall–Kier alpha value is -3.48. The molecule has 0 saturated carbocycles. The van der Waals surface area contributed by atoms with E-state index in [1.54, 1.807) is 7.11 Å². The molecule has 1 amide bonds. The van der Waals surface area contributed by atoms with E-state index < -0.39 is 0 Å². The number of fused-ring (bicyclic) bond motifs is 2. The monoisotopic (exact) mass is 431 g/mol. The van der Waals surface area contributed by atoms with Gasteiger partial charge in [0.15, 0.2) is 0 Å². The maximum absolute atomic E-state index is 12.7. The van der Waals surface area contributed by atoms with E-state index in [2.05, 4.69) is 45.3 Å². The minimum absolute atomic E-state index is 0.0564. The first-order chi connectivity index (χ1) is 15.6. The van der Waals surface area contributed by atoms with Gasteiger partial charge < -0.3 is 24.9 Å². The Kier molecular flexibility index (Phi) is 5.47. The Morgan fingerprint density at radius 1 is 1.19 bits per heavy atom. The van der Waals surface area contributed by atoms with E-state index in [9.17, 15) is 4.79 Å². The largest absolute Gasteiger partial charge is 0.497 e. The number of hydrogen-bond donors (Lipinski definition) is 3. The van der Waals surface area contributed by atoms with Gasteiger partial charge in [-0.25, -0.2) is 4.98 Å². The topological polar surface area (TPSA) is 86.0 Å². The summed E-state index contributed by atoms with van der Waals surface area (Å²) in [5, 5.41) is 4.29. The number of amides is 1. The Labute approximate surface area is 187 Å². The molecule has 3 N–H and O–H groups in total. The number of methoxy groups -OCH3 is 1. The molecular weight excluding hydrogens is 402 g/mol. The highest BCUT2D eigenvalue weighted by Gasteiger charge is 2.26. The number of anilines is 1. The molecule has 2 aromatic carbocycles. The van der Waals surface area contributed by atoms with Crippen LogP contribution in [0.1, 0.15) is 24.0 Å². The summed E-state index contributed by atoms with van der Waals surface area (Å²) in [6.07, 6.45) is 4.48. The lowest BCUT2D eigenvalue weighted by molar-refractivity contribution is -0.125.